The van der Waals surface area contributed by atoms with Crippen LogP contribution in [0.3, 0.4) is 0 Å². The topological polar surface area (TPSA) is 61.4 Å². The number of hydroxylamine groups is 2. The molecular formula is C11H16N2O3. The Labute approximate surface area is 94.5 Å². The summed E-state index contributed by atoms with van der Waals surface area (Å²) in [6.07, 6.45) is 3.32. The van der Waals surface area contributed by atoms with Crippen LogP contribution in [0.15, 0.2) is 12.2 Å². The Morgan fingerprint density at radius 3 is 2.31 bits per heavy atom. The van der Waals surface area contributed by atoms with E-state index in [1.807, 2.05) is 19.1 Å². The monoisotopic (exact) mass is 224 g/mol. The maximum absolute atomic E-state index is 11.9. The molecule has 2 aliphatic heterocycles. The van der Waals surface area contributed by atoms with E-state index in [0.717, 1.165) is 4.74 Å². The Hall–Kier alpha value is -1.36. The van der Waals surface area contributed by atoms with Crippen LogP contribution >= 0.6 is 0 Å². The van der Waals surface area contributed by atoms with Gasteiger partial charge in [-0.15, -0.1) is 9.48 Å². The van der Waals surface area contributed by atoms with Crippen molar-refractivity contribution < 1.29 is 14.2 Å². The zero-order valence-electron chi connectivity index (χ0n) is 9.93. The molecule has 0 amide bonds. The summed E-state index contributed by atoms with van der Waals surface area (Å²) in [6.45, 7) is 6.89. The molecule has 0 radical (unpaired) electrons. The molecule has 16 heavy (non-hydrogen) atoms. The van der Waals surface area contributed by atoms with Crippen LogP contribution in [-0.2, 0) is 4.74 Å². The molecule has 0 aromatic rings. The van der Waals surface area contributed by atoms with E-state index in [4.69, 9.17) is 4.74 Å². The number of ether oxygens (including phenoxy) is 1. The van der Waals surface area contributed by atoms with Crippen molar-refractivity contribution in [3.05, 3.63) is 22.6 Å². The fourth-order valence-corrected chi connectivity index (χ4v) is 2.21. The van der Waals surface area contributed by atoms with Gasteiger partial charge in [-0.3, -0.25) is 0 Å². The largest absolute Gasteiger partial charge is 0.619 e. The van der Waals surface area contributed by atoms with Gasteiger partial charge >= 0.3 is 5.84 Å². The first-order chi connectivity index (χ1) is 7.35. The Bertz CT molecular complexity index is 421. The number of hydrogen-bond acceptors (Lipinski definition) is 3. The first kappa shape index (κ1) is 11.1. The molecule has 0 aliphatic carbocycles. The molecule has 2 atom stereocenters. The second kappa shape index (κ2) is 3.31. The zero-order chi connectivity index (χ0) is 12.1. The molecule has 88 valence electrons. The Balaban J connectivity index is 2.40. The molecule has 0 N–H and O–H groups in total. The van der Waals surface area contributed by atoms with Gasteiger partial charge < -0.3 is 15.2 Å². The molecule has 0 saturated heterocycles. The van der Waals surface area contributed by atoms with Gasteiger partial charge in [0.05, 0.1) is 13.0 Å². The van der Waals surface area contributed by atoms with E-state index in [1.54, 1.807) is 13.8 Å². The van der Waals surface area contributed by atoms with Gasteiger partial charge in [0, 0.05) is 13.8 Å². The molecule has 2 unspecified atom stereocenters. The second-order valence-electron chi connectivity index (χ2n) is 4.73. The molecule has 2 heterocycles. The number of rotatable bonds is 1. The van der Waals surface area contributed by atoms with Gasteiger partial charge in [0.2, 0.25) is 0 Å². The van der Waals surface area contributed by atoms with Crippen molar-refractivity contribution in [2.75, 3.05) is 0 Å². The van der Waals surface area contributed by atoms with Crippen molar-refractivity contribution in [1.82, 2.24) is 0 Å². The number of hydrogen-bond donors (Lipinski definition) is 0. The normalized spacial score (nSPS) is 33.0. The lowest BCUT2D eigenvalue weighted by molar-refractivity contribution is -0.532. The first-order valence-electron chi connectivity index (χ1n) is 5.35. The van der Waals surface area contributed by atoms with Crippen LogP contribution < -0.4 is 0 Å². The SMILES string of the molecule is CC1=[N+]([O-])C(C)(C)C(C2C=CC(C)O2)=[N+]1[O-]. The summed E-state index contributed by atoms with van der Waals surface area (Å²) in [4.78, 5) is 0. The first-order valence-corrected chi connectivity index (χ1v) is 5.35. The summed E-state index contributed by atoms with van der Waals surface area (Å²) >= 11 is 0. The predicted molar refractivity (Wildman–Crippen MR) is 60.5 cm³/mol. The van der Waals surface area contributed by atoms with Crippen molar-refractivity contribution in [3.63, 3.8) is 0 Å². The third kappa shape index (κ3) is 1.35. The average Bonchev–Trinajstić information content (AvgIpc) is 2.66. The van der Waals surface area contributed by atoms with E-state index in [9.17, 15) is 10.4 Å². The quantitative estimate of drug-likeness (QED) is 0.379. The van der Waals surface area contributed by atoms with Gasteiger partial charge in [-0.05, 0) is 13.0 Å². The highest BCUT2D eigenvalue weighted by molar-refractivity contribution is 5.99. The van der Waals surface area contributed by atoms with Gasteiger partial charge in [-0.25, -0.2) is 0 Å². The zero-order valence-corrected chi connectivity index (χ0v) is 9.93. The predicted octanol–water partition coefficient (Wildman–Crippen LogP) is 1.00. The molecule has 2 rings (SSSR count). The molecular weight excluding hydrogens is 208 g/mol. The van der Waals surface area contributed by atoms with E-state index in [2.05, 4.69) is 0 Å². The lowest BCUT2D eigenvalue weighted by Gasteiger charge is -2.19. The van der Waals surface area contributed by atoms with E-state index in [0.29, 0.717) is 10.5 Å². The Morgan fingerprint density at radius 1 is 1.31 bits per heavy atom. The third-order valence-corrected chi connectivity index (χ3v) is 3.13. The average molecular weight is 224 g/mol. The summed E-state index contributed by atoms with van der Waals surface area (Å²) in [6, 6.07) is 0. The minimum atomic E-state index is -0.842. The summed E-state index contributed by atoms with van der Waals surface area (Å²) in [5, 5.41) is 23.7. The van der Waals surface area contributed by atoms with Crippen molar-refractivity contribution in [1.29, 1.82) is 0 Å². The van der Waals surface area contributed by atoms with E-state index in [1.165, 1.54) is 6.92 Å². The molecule has 5 heteroatoms. The van der Waals surface area contributed by atoms with Crippen molar-refractivity contribution >= 4 is 11.5 Å². The van der Waals surface area contributed by atoms with Crippen LogP contribution in [0.5, 0.6) is 0 Å². The van der Waals surface area contributed by atoms with Crippen molar-refractivity contribution in [3.8, 4) is 0 Å². The molecule has 0 spiro atoms. The van der Waals surface area contributed by atoms with Crippen LogP contribution in [0.2, 0.25) is 0 Å². The number of nitrogens with zero attached hydrogens (tertiary/aromatic N) is 2. The molecule has 0 bridgehead atoms. The summed E-state index contributed by atoms with van der Waals surface area (Å²) in [7, 11) is 0. The fraction of sp³-hybridized carbons (Fsp3) is 0.636. The third-order valence-electron chi connectivity index (χ3n) is 3.13. The van der Waals surface area contributed by atoms with Gasteiger partial charge in [-0.2, -0.15) is 0 Å². The highest BCUT2D eigenvalue weighted by Gasteiger charge is 2.53. The minimum absolute atomic E-state index is 0.0114. The highest BCUT2D eigenvalue weighted by atomic mass is 16.5. The number of amidine groups is 1. The van der Waals surface area contributed by atoms with Crippen LogP contribution in [0.25, 0.3) is 0 Å². The smallest absolute Gasteiger partial charge is 0.433 e. The van der Waals surface area contributed by atoms with Crippen molar-refractivity contribution in [2.45, 2.75) is 45.4 Å². The van der Waals surface area contributed by atoms with Crippen molar-refractivity contribution in [2.24, 2.45) is 0 Å². The Kier molecular flexibility index (Phi) is 2.31. The molecule has 0 aromatic heterocycles. The molecule has 0 fully saturated rings. The van der Waals surface area contributed by atoms with E-state index in [-0.39, 0.29) is 11.9 Å². The molecule has 0 aromatic carbocycles. The maximum atomic E-state index is 11.9. The second-order valence-corrected chi connectivity index (χ2v) is 4.73. The lowest BCUT2D eigenvalue weighted by Crippen LogP contribution is -2.45. The van der Waals surface area contributed by atoms with Gasteiger partial charge in [0.25, 0.3) is 11.3 Å². The molecule has 0 saturated carbocycles. The minimum Gasteiger partial charge on any atom is -0.619 e. The standard InChI is InChI=1S/C11H16N2O3/c1-7-5-6-9(16-7)10-11(3,4)13(15)8(2)12(10)14/h5-7,9H,1-4H3. The fourth-order valence-electron chi connectivity index (χ4n) is 2.21. The van der Waals surface area contributed by atoms with Gasteiger partial charge in [-0.1, -0.05) is 6.08 Å². The maximum Gasteiger partial charge on any atom is 0.433 e. The van der Waals surface area contributed by atoms with Crippen LogP contribution in [0.1, 0.15) is 27.7 Å². The van der Waals surface area contributed by atoms with Gasteiger partial charge in [0.15, 0.2) is 6.10 Å². The lowest BCUT2D eigenvalue weighted by atomic mass is 9.95. The summed E-state index contributed by atoms with van der Waals surface area (Å²) < 4.78 is 7.02. The van der Waals surface area contributed by atoms with Crippen LogP contribution in [0, 0.1) is 10.4 Å². The Morgan fingerprint density at radius 2 is 1.94 bits per heavy atom. The van der Waals surface area contributed by atoms with Crippen LogP contribution in [0.4, 0.5) is 0 Å². The van der Waals surface area contributed by atoms with E-state index >= 15 is 0 Å². The van der Waals surface area contributed by atoms with Gasteiger partial charge in [0.1, 0.15) is 0 Å². The van der Waals surface area contributed by atoms with E-state index < -0.39 is 11.6 Å². The summed E-state index contributed by atoms with van der Waals surface area (Å²) in [5.41, 5.74) is -0.383. The summed E-state index contributed by atoms with van der Waals surface area (Å²) in [5.74, 6) is 0.163. The van der Waals surface area contributed by atoms with Crippen LogP contribution in [-0.4, -0.2) is 38.8 Å². The molecule has 2 aliphatic rings. The molecule has 5 nitrogen and oxygen atoms in total. The highest BCUT2D eigenvalue weighted by Crippen LogP contribution is 2.25.